The quantitative estimate of drug-likeness (QED) is 0.539. The van der Waals surface area contributed by atoms with Crippen molar-refractivity contribution in [2.45, 2.75) is 20.0 Å². The highest BCUT2D eigenvalue weighted by Crippen LogP contribution is 1.89. The summed E-state index contributed by atoms with van der Waals surface area (Å²) in [5.41, 5.74) is 0. The molecular weight excluding hydrogens is 127 g/mol. The summed E-state index contributed by atoms with van der Waals surface area (Å²) in [4.78, 5) is 13.3. The number of carbonyl (C=O) groups is 1. The van der Waals surface area contributed by atoms with Gasteiger partial charge in [0.1, 0.15) is 0 Å². The smallest absolute Gasteiger partial charge is 0.336 e. The van der Waals surface area contributed by atoms with Crippen molar-refractivity contribution in [1.29, 1.82) is 0 Å². The van der Waals surface area contributed by atoms with Crippen LogP contribution in [0.4, 0.5) is 4.53 Å². The molecule has 0 aromatic rings. The molecule has 0 aliphatic rings. The summed E-state index contributed by atoms with van der Waals surface area (Å²) < 4.78 is 15.4. The van der Waals surface area contributed by atoms with Crippen LogP contribution in [-0.4, -0.2) is 18.7 Å². The van der Waals surface area contributed by atoms with Crippen molar-refractivity contribution >= 4 is 5.97 Å². The van der Waals surface area contributed by atoms with Crippen molar-refractivity contribution in [3.63, 3.8) is 0 Å². The predicted octanol–water partition coefficient (Wildman–Crippen LogP) is 0.839. The molecule has 0 heterocycles. The molecule has 54 valence electrons. The molecule has 0 aromatic carbocycles. The summed E-state index contributed by atoms with van der Waals surface area (Å²) in [6.07, 6.45) is -0.215. The van der Waals surface area contributed by atoms with Crippen molar-refractivity contribution in [1.82, 2.24) is 0 Å². The van der Waals surface area contributed by atoms with Crippen LogP contribution < -0.4 is 0 Å². The normalized spacial score (nSPS) is 9.78. The predicted molar refractivity (Wildman–Crippen MR) is 28.3 cm³/mol. The van der Waals surface area contributed by atoms with E-state index in [4.69, 9.17) is 0 Å². The third kappa shape index (κ3) is 5.23. The zero-order chi connectivity index (χ0) is 7.28. The Morgan fingerprint density at radius 3 is 2.56 bits per heavy atom. The SMILES string of the molecule is CC(C)OC(=O)COF. The molecule has 3 nitrogen and oxygen atoms in total. The van der Waals surface area contributed by atoms with Crippen molar-refractivity contribution in [2.24, 2.45) is 0 Å². The zero-order valence-electron chi connectivity index (χ0n) is 5.39. The Morgan fingerprint density at radius 1 is 1.67 bits per heavy atom. The first-order chi connectivity index (χ1) is 4.16. The third-order valence-electron chi connectivity index (χ3n) is 0.540. The van der Waals surface area contributed by atoms with Crippen molar-refractivity contribution in [3.8, 4) is 0 Å². The number of ether oxygens (including phenoxy) is 1. The molecule has 4 heteroatoms. The number of rotatable bonds is 3. The molecule has 0 saturated heterocycles. The minimum absolute atomic E-state index is 0.215. The fraction of sp³-hybridized carbons (Fsp3) is 0.800. The first-order valence-corrected chi connectivity index (χ1v) is 2.60. The van der Waals surface area contributed by atoms with Gasteiger partial charge >= 0.3 is 5.97 Å². The number of hydrogen-bond acceptors (Lipinski definition) is 3. The lowest BCUT2D eigenvalue weighted by atomic mass is 10.5. The highest BCUT2D eigenvalue weighted by molar-refractivity contribution is 5.70. The van der Waals surface area contributed by atoms with E-state index in [0.29, 0.717) is 0 Å². The first kappa shape index (κ1) is 8.36. The summed E-state index contributed by atoms with van der Waals surface area (Å²) >= 11 is 0. The Balaban J connectivity index is 3.27. The third-order valence-corrected chi connectivity index (χ3v) is 0.540. The molecule has 0 rings (SSSR count). The van der Waals surface area contributed by atoms with Gasteiger partial charge in [0.05, 0.1) is 6.10 Å². The van der Waals surface area contributed by atoms with E-state index in [2.05, 4.69) is 9.68 Å². The maximum Gasteiger partial charge on any atom is 0.336 e. The van der Waals surface area contributed by atoms with Gasteiger partial charge in [-0.25, -0.2) is 4.79 Å². The molecule has 0 bridgehead atoms. The number of esters is 1. The van der Waals surface area contributed by atoms with Crippen LogP contribution in [0.2, 0.25) is 0 Å². The minimum Gasteiger partial charge on any atom is -0.461 e. The van der Waals surface area contributed by atoms with Crippen molar-refractivity contribution in [3.05, 3.63) is 0 Å². The van der Waals surface area contributed by atoms with Gasteiger partial charge < -0.3 is 4.74 Å². The molecule has 9 heavy (non-hydrogen) atoms. The van der Waals surface area contributed by atoms with Gasteiger partial charge in [0.25, 0.3) is 0 Å². The van der Waals surface area contributed by atoms with Crippen LogP contribution >= 0.6 is 0 Å². The lowest BCUT2D eigenvalue weighted by Gasteiger charge is -2.04. The van der Waals surface area contributed by atoms with E-state index in [9.17, 15) is 9.32 Å². The van der Waals surface area contributed by atoms with Crippen molar-refractivity contribution < 1.29 is 19.0 Å². The van der Waals surface area contributed by atoms with Gasteiger partial charge in [0, 0.05) is 0 Å². The van der Waals surface area contributed by atoms with E-state index in [0.717, 1.165) is 0 Å². The molecule has 0 saturated carbocycles. The van der Waals surface area contributed by atoms with E-state index in [-0.39, 0.29) is 6.10 Å². The van der Waals surface area contributed by atoms with Gasteiger partial charge in [-0.1, -0.05) is 0 Å². The van der Waals surface area contributed by atoms with Crippen LogP contribution in [0.15, 0.2) is 0 Å². The van der Waals surface area contributed by atoms with Crippen molar-refractivity contribution in [2.75, 3.05) is 6.61 Å². The molecule has 0 amide bonds. The molecular formula is C5H9FO3. The zero-order valence-corrected chi connectivity index (χ0v) is 5.39. The van der Waals surface area contributed by atoms with Gasteiger partial charge in [0.2, 0.25) is 0 Å². The van der Waals surface area contributed by atoms with E-state index >= 15 is 0 Å². The van der Waals surface area contributed by atoms with E-state index in [1.54, 1.807) is 13.8 Å². The summed E-state index contributed by atoms with van der Waals surface area (Å²) in [6, 6.07) is 0. The fourth-order valence-corrected chi connectivity index (χ4v) is 0.341. The highest BCUT2D eigenvalue weighted by Gasteiger charge is 2.04. The summed E-state index contributed by atoms with van der Waals surface area (Å²) in [7, 11) is 0. The van der Waals surface area contributed by atoms with Crippen LogP contribution in [0, 0.1) is 0 Å². The van der Waals surface area contributed by atoms with Gasteiger partial charge in [-0.05, 0) is 18.4 Å². The fourth-order valence-electron chi connectivity index (χ4n) is 0.341. The lowest BCUT2D eigenvalue weighted by molar-refractivity contribution is -0.178. The van der Waals surface area contributed by atoms with Gasteiger partial charge in [-0.15, -0.1) is 0 Å². The molecule has 0 aliphatic carbocycles. The van der Waals surface area contributed by atoms with E-state index in [1.165, 1.54) is 0 Å². The number of carbonyl (C=O) groups excluding carboxylic acids is 1. The van der Waals surface area contributed by atoms with Crippen LogP contribution in [0.25, 0.3) is 0 Å². The topological polar surface area (TPSA) is 35.5 Å². The second-order valence-corrected chi connectivity index (χ2v) is 1.79. The summed E-state index contributed by atoms with van der Waals surface area (Å²) in [6.45, 7) is 2.73. The largest absolute Gasteiger partial charge is 0.461 e. The molecule has 0 atom stereocenters. The second kappa shape index (κ2) is 4.26. The minimum atomic E-state index is -0.687. The molecule has 0 radical (unpaired) electrons. The number of halogens is 1. The van der Waals surface area contributed by atoms with Crippen LogP contribution in [0.1, 0.15) is 13.8 Å². The Labute approximate surface area is 52.7 Å². The maximum atomic E-state index is 10.9. The van der Waals surface area contributed by atoms with Crippen LogP contribution in [0.5, 0.6) is 0 Å². The Kier molecular flexibility index (Phi) is 3.96. The number of hydrogen-bond donors (Lipinski definition) is 0. The molecule has 0 unspecified atom stereocenters. The molecule has 0 fully saturated rings. The van der Waals surface area contributed by atoms with Gasteiger partial charge in [0.15, 0.2) is 6.61 Å². The average Bonchev–Trinajstić information content (AvgIpc) is 1.63. The molecule has 0 aliphatic heterocycles. The standard InChI is InChI=1S/C5H9FO3/c1-4(2)9-5(7)3-8-6/h4H,3H2,1-2H3. The Hall–Kier alpha value is -0.640. The second-order valence-electron chi connectivity index (χ2n) is 1.79. The Morgan fingerprint density at radius 2 is 2.22 bits per heavy atom. The first-order valence-electron chi connectivity index (χ1n) is 2.60. The van der Waals surface area contributed by atoms with Crippen LogP contribution in [0.3, 0.4) is 0 Å². The maximum absolute atomic E-state index is 10.9. The van der Waals surface area contributed by atoms with Gasteiger partial charge in [-0.3, -0.25) is 0 Å². The van der Waals surface area contributed by atoms with Gasteiger partial charge in [-0.2, -0.15) is 4.94 Å². The molecule has 0 spiro atoms. The molecule has 0 aromatic heterocycles. The van der Waals surface area contributed by atoms with E-state index in [1.807, 2.05) is 0 Å². The summed E-state index contributed by atoms with van der Waals surface area (Å²) in [5, 5.41) is 0. The van der Waals surface area contributed by atoms with Crippen LogP contribution in [-0.2, 0) is 14.5 Å². The summed E-state index contributed by atoms with van der Waals surface area (Å²) in [5.74, 6) is -0.687. The average molecular weight is 136 g/mol. The van der Waals surface area contributed by atoms with E-state index < -0.39 is 12.6 Å². The highest BCUT2D eigenvalue weighted by atomic mass is 19.3. The Bertz CT molecular complexity index is 92.2. The monoisotopic (exact) mass is 136 g/mol. The molecule has 0 N–H and O–H groups in total. The lowest BCUT2D eigenvalue weighted by Crippen LogP contribution is -2.14.